The topological polar surface area (TPSA) is 55.1 Å². The molecule has 0 aliphatic heterocycles. The van der Waals surface area contributed by atoms with Gasteiger partial charge in [-0.1, -0.05) is 12.1 Å². The lowest BCUT2D eigenvalue weighted by Gasteiger charge is -2.07. The zero-order chi connectivity index (χ0) is 13.1. The molecule has 0 saturated heterocycles. The van der Waals surface area contributed by atoms with Crippen LogP contribution in [0.4, 0.5) is 15.8 Å². The van der Waals surface area contributed by atoms with Crippen LogP contribution in [-0.2, 0) is 0 Å². The number of nitrogens with two attached hydrogens (primary N) is 1. The van der Waals surface area contributed by atoms with Gasteiger partial charge in [0.25, 0.3) is 5.91 Å². The monoisotopic (exact) mass is 244 g/mol. The van der Waals surface area contributed by atoms with Gasteiger partial charge in [-0.25, -0.2) is 4.39 Å². The number of rotatable bonds is 2. The first kappa shape index (κ1) is 12.1. The normalized spacial score (nSPS) is 10.1. The molecular weight excluding hydrogens is 231 g/mol. The van der Waals surface area contributed by atoms with E-state index in [4.69, 9.17) is 5.73 Å². The molecule has 0 fully saturated rings. The lowest BCUT2D eigenvalue weighted by Crippen LogP contribution is -2.13. The average Bonchev–Trinajstić information content (AvgIpc) is 2.34. The molecule has 0 heterocycles. The number of hydrogen-bond acceptors (Lipinski definition) is 2. The summed E-state index contributed by atoms with van der Waals surface area (Å²) in [5, 5.41) is 2.53. The molecule has 0 radical (unpaired) electrons. The van der Waals surface area contributed by atoms with Gasteiger partial charge in [-0.3, -0.25) is 4.79 Å². The van der Waals surface area contributed by atoms with E-state index in [9.17, 15) is 9.18 Å². The Bertz CT molecular complexity index is 596. The van der Waals surface area contributed by atoms with Crippen LogP contribution in [-0.4, -0.2) is 5.91 Å². The molecule has 0 bridgehead atoms. The van der Waals surface area contributed by atoms with Crippen LogP contribution >= 0.6 is 0 Å². The standard InChI is InChI=1S/C14H13FN2O/c1-9-5-6-12(15)13(7-9)17-14(18)10-3-2-4-11(16)8-10/h2-8H,16H2,1H3,(H,17,18). The first-order chi connectivity index (χ1) is 8.56. The van der Waals surface area contributed by atoms with Crippen LogP contribution in [0.15, 0.2) is 42.5 Å². The molecule has 2 aromatic carbocycles. The van der Waals surface area contributed by atoms with E-state index in [0.29, 0.717) is 11.3 Å². The van der Waals surface area contributed by atoms with Gasteiger partial charge in [-0.15, -0.1) is 0 Å². The second-order valence-electron chi connectivity index (χ2n) is 4.06. The summed E-state index contributed by atoms with van der Waals surface area (Å²) in [6.07, 6.45) is 0. The summed E-state index contributed by atoms with van der Waals surface area (Å²) in [7, 11) is 0. The fraction of sp³-hybridized carbons (Fsp3) is 0.0714. The van der Waals surface area contributed by atoms with E-state index in [0.717, 1.165) is 5.56 Å². The highest BCUT2D eigenvalue weighted by atomic mass is 19.1. The first-order valence-corrected chi connectivity index (χ1v) is 5.49. The van der Waals surface area contributed by atoms with Gasteiger partial charge < -0.3 is 11.1 Å². The molecule has 0 aliphatic rings. The minimum absolute atomic E-state index is 0.169. The summed E-state index contributed by atoms with van der Waals surface area (Å²) >= 11 is 0. The van der Waals surface area contributed by atoms with Crippen molar-refractivity contribution in [1.29, 1.82) is 0 Å². The van der Waals surface area contributed by atoms with Crippen LogP contribution < -0.4 is 11.1 Å². The number of halogens is 1. The van der Waals surface area contributed by atoms with Crippen molar-refractivity contribution in [3.8, 4) is 0 Å². The largest absolute Gasteiger partial charge is 0.399 e. The zero-order valence-corrected chi connectivity index (χ0v) is 9.91. The molecular formula is C14H13FN2O. The molecule has 18 heavy (non-hydrogen) atoms. The second kappa shape index (κ2) is 4.87. The van der Waals surface area contributed by atoms with Crippen LogP contribution in [0.5, 0.6) is 0 Å². The summed E-state index contributed by atoms with van der Waals surface area (Å²) in [6, 6.07) is 11.1. The van der Waals surface area contributed by atoms with Crippen molar-refractivity contribution in [1.82, 2.24) is 0 Å². The van der Waals surface area contributed by atoms with Gasteiger partial charge in [-0.2, -0.15) is 0 Å². The molecule has 1 amide bonds. The first-order valence-electron chi connectivity index (χ1n) is 5.49. The highest BCUT2D eigenvalue weighted by Crippen LogP contribution is 2.17. The minimum Gasteiger partial charge on any atom is -0.399 e. The molecule has 0 aromatic heterocycles. The van der Waals surface area contributed by atoms with Gasteiger partial charge in [0.05, 0.1) is 5.69 Å². The van der Waals surface area contributed by atoms with Crippen molar-refractivity contribution < 1.29 is 9.18 Å². The maximum atomic E-state index is 13.5. The quantitative estimate of drug-likeness (QED) is 0.798. The van der Waals surface area contributed by atoms with Crippen molar-refractivity contribution in [3.05, 3.63) is 59.4 Å². The lowest BCUT2D eigenvalue weighted by atomic mass is 10.1. The highest BCUT2D eigenvalue weighted by molar-refractivity contribution is 6.04. The van der Waals surface area contributed by atoms with Gasteiger partial charge in [0.2, 0.25) is 0 Å². The SMILES string of the molecule is Cc1ccc(F)c(NC(=O)c2cccc(N)c2)c1. The molecule has 3 nitrogen and oxygen atoms in total. The fourth-order valence-corrected chi connectivity index (χ4v) is 1.61. The van der Waals surface area contributed by atoms with E-state index >= 15 is 0 Å². The number of nitrogens with one attached hydrogen (secondary N) is 1. The number of amides is 1. The Kier molecular flexibility index (Phi) is 3.28. The van der Waals surface area contributed by atoms with Crippen molar-refractivity contribution in [2.45, 2.75) is 6.92 Å². The third-order valence-corrected chi connectivity index (χ3v) is 2.52. The Hall–Kier alpha value is -2.36. The Morgan fingerprint density at radius 1 is 1.22 bits per heavy atom. The number of hydrogen-bond donors (Lipinski definition) is 2. The summed E-state index contributed by atoms with van der Waals surface area (Å²) in [6.45, 7) is 1.83. The van der Waals surface area contributed by atoms with Crippen LogP contribution in [0, 0.1) is 12.7 Å². The zero-order valence-electron chi connectivity index (χ0n) is 9.91. The van der Waals surface area contributed by atoms with E-state index < -0.39 is 5.82 Å². The van der Waals surface area contributed by atoms with Gasteiger partial charge in [-0.05, 0) is 42.8 Å². The van der Waals surface area contributed by atoms with E-state index in [1.54, 1.807) is 36.4 Å². The number of anilines is 2. The number of benzene rings is 2. The van der Waals surface area contributed by atoms with Gasteiger partial charge in [0.1, 0.15) is 5.82 Å². The number of carbonyl (C=O) groups excluding carboxylic acids is 1. The van der Waals surface area contributed by atoms with Crippen LogP contribution in [0.25, 0.3) is 0 Å². The molecule has 0 atom stereocenters. The van der Waals surface area contributed by atoms with E-state index in [2.05, 4.69) is 5.32 Å². The van der Waals surface area contributed by atoms with Crippen molar-refractivity contribution >= 4 is 17.3 Å². The van der Waals surface area contributed by atoms with Crippen molar-refractivity contribution in [2.75, 3.05) is 11.1 Å². The van der Waals surface area contributed by atoms with Crippen molar-refractivity contribution in [3.63, 3.8) is 0 Å². The minimum atomic E-state index is -0.460. The Labute approximate surface area is 104 Å². The predicted octanol–water partition coefficient (Wildman–Crippen LogP) is 2.97. The van der Waals surface area contributed by atoms with E-state index in [1.807, 2.05) is 6.92 Å². The maximum Gasteiger partial charge on any atom is 0.255 e. The van der Waals surface area contributed by atoms with Gasteiger partial charge in [0, 0.05) is 11.3 Å². The molecule has 0 aliphatic carbocycles. The highest BCUT2D eigenvalue weighted by Gasteiger charge is 2.09. The molecule has 0 saturated carbocycles. The number of nitrogen functional groups attached to an aromatic ring is 1. The maximum absolute atomic E-state index is 13.5. The van der Waals surface area contributed by atoms with E-state index in [-0.39, 0.29) is 11.6 Å². The third-order valence-electron chi connectivity index (χ3n) is 2.52. The lowest BCUT2D eigenvalue weighted by molar-refractivity contribution is 0.102. The molecule has 3 N–H and O–H groups in total. The fourth-order valence-electron chi connectivity index (χ4n) is 1.61. The van der Waals surface area contributed by atoms with Crippen LogP contribution in [0.1, 0.15) is 15.9 Å². The van der Waals surface area contributed by atoms with Crippen LogP contribution in [0.3, 0.4) is 0 Å². The smallest absolute Gasteiger partial charge is 0.255 e. The van der Waals surface area contributed by atoms with Gasteiger partial charge in [0.15, 0.2) is 0 Å². The summed E-state index contributed by atoms with van der Waals surface area (Å²) < 4.78 is 13.5. The van der Waals surface area contributed by atoms with Crippen molar-refractivity contribution in [2.24, 2.45) is 0 Å². The third kappa shape index (κ3) is 2.66. The number of carbonyl (C=O) groups is 1. The summed E-state index contributed by atoms with van der Waals surface area (Å²) in [5.41, 5.74) is 7.52. The molecule has 0 unspecified atom stereocenters. The molecule has 4 heteroatoms. The Morgan fingerprint density at radius 2 is 2.00 bits per heavy atom. The van der Waals surface area contributed by atoms with Gasteiger partial charge >= 0.3 is 0 Å². The average molecular weight is 244 g/mol. The van der Waals surface area contributed by atoms with Crippen LogP contribution in [0.2, 0.25) is 0 Å². The Morgan fingerprint density at radius 3 is 2.72 bits per heavy atom. The summed E-state index contributed by atoms with van der Waals surface area (Å²) in [5.74, 6) is -0.843. The molecule has 2 aromatic rings. The second-order valence-corrected chi connectivity index (χ2v) is 4.06. The Balaban J connectivity index is 2.24. The summed E-state index contributed by atoms with van der Waals surface area (Å²) in [4.78, 5) is 11.9. The van der Waals surface area contributed by atoms with E-state index in [1.165, 1.54) is 6.07 Å². The molecule has 2 rings (SSSR count). The molecule has 0 spiro atoms. The molecule has 92 valence electrons. The number of aryl methyl sites for hydroxylation is 1. The predicted molar refractivity (Wildman–Crippen MR) is 69.9 cm³/mol.